The summed E-state index contributed by atoms with van der Waals surface area (Å²) in [6, 6.07) is 14.8. The predicted molar refractivity (Wildman–Crippen MR) is 74.5 cm³/mol. The van der Waals surface area contributed by atoms with Crippen molar-refractivity contribution in [3.8, 4) is 11.1 Å². The molecule has 92 valence electrons. The summed E-state index contributed by atoms with van der Waals surface area (Å²) in [6.07, 6.45) is 1.68. The van der Waals surface area contributed by atoms with Crippen LogP contribution in [0, 0.1) is 0 Å². The van der Waals surface area contributed by atoms with Gasteiger partial charge in [0.1, 0.15) is 0 Å². The van der Waals surface area contributed by atoms with E-state index in [4.69, 9.17) is 0 Å². The molecule has 0 fully saturated rings. The molecule has 2 aromatic carbocycles. The Labute approximate surface area is 108 Å². The van der Waals surface area contributed by atoms with Crippen molar-refractivity contribution in [2.75, 3.05) is 0 Å². The number of fused-ring (bicyclic) bond motifs is 3. The van der Waals surface area contributed by atoms with E-state index in [2.05, 4.69) is 42.5 Å². The molecule has 1 N–H and O–H groups in total. The largest absolute Gasteiger partial charge is 0.385 e. The molecule has 0 heterocycles. The van der Waals surface area contributed by atoms with Gasteiger partial charge < -0.3 is 5.11 Å². The Hall–Kier alpha value is -1.60. The lowest BCUT2D eigenvalue weighted by molar-refractivity contribution is 0.0524. The molecule has 0 saturated heterocycles. The van der Waals surface area contributed by atoms with Crippen molar-refractivity contribution in [2.45, 2.75) is 32.3 Å². The highest BCUT2D eigenvalue weighted by Crippen LogP contribution is 2.41. The maximum absolute atomic E-state index is 10.5. The maximum atomic E-state index is 10.5. The van der Waals surface area contributed by atoms with Crippen LogP contribution in [-0.2, 0) is 12.0 Å². The highest BCUT2D eigenvalue weighted by Gasteiger charge is 2.28. The molecule has 1 unspecified atom stereocenters. The van der Waals surface area contributed by atoms with Crippen LogP contribution in [-0.4, -0.2) is 5.11 Å². The fourth-order valence-corrected chi connectivity index (χ4v) is 2.85. The van der Waals surface area contributed by atoms with Crippen LogP contribution in [0.15, 0.2) is 42.5 Å². The summed E-state index contributed by atoms with van der Waals surface area (Å²) in [5.74, 6) is 0. The number of benzene rings is 2. The molecule has 0 aromatic heterocycles. The van der Waals surface area contributed by atoms with Gasteiger partial charge in [-0.3, -0.25) is 0 Å². The first-order chi connectivity index (χ1) is 8.63. The number of rotatable bonds is 2. The van der Waals surface area contributed by atoms with Crippen LogP contribution in [0.4, 0.5) is 0 Å². The molecule has 0 amide bonds. The zero-order valence-electron chi connectivity index (χ0n) is 10.9. The summed E-state index contributed by atoms with van der Waals surface area (Å²) in [4.78, 5) is 0. The molecule has 1 nitrogen and oxygen atoms in total. The highest BCUT2D eigenvalue weighted by atomic mass is 16.3. The van der Waals surface area contributed by atoms with Gasteiger partial charge in [0.25, 0.3) is 0 Å². The van der Waals surface area contributed by atoms with E-state index in [1.165, 1.54) is 22.3 Å². The number of aliphatic hydroxyl groups is 1. The quantitative estimate of drug-likeness (QED) is 0.718. The van der Waals surface area contributed by atoms with E-state index in [0.29, 0.717) is 0 Å². The molecule has 0 saturated carbocycles. The van der Waals surface area contributed by atoms with Gasteiger partial charge in [-0.25, -0.2) is 0 Å². The van der Waals surface area contributed by atoms with Gasteiger partial charge in [-0.15, -0.1) is 0 Å². The Morgan fingerprint density at radius 3 is 2.56 bits per heavy atom. The summed E-state index contributed by atoms with van der Waals surface area (Å²) in [5, 5.41) is 10.5. The van der Waals surface area contributed by atoms with Crippen molar-refractivity contribution >= 4 is 0 Å². The molecule has 2 aromatic rings. The average molecular weight is 238 g/mol. The van der Waals surface area contributed by atoms with Gasteiger partial charge in [0.2, 0.25) is 0 Å². The van der Waals surface area contributed by atoms with Gasteiger partial charge in [0.15, 0.2) is 0 Å². The number of hydrogen-bond acceptors (Lipinski definition) is 1. The van der Waals surface area contributed by atoms with E-state index in [1.807, 2.05) is 13.8 Å². The molecule has 1 atom stereocenters. The van der Waals surface area contributed by atoms with Crippen LogP contribution in [0.3, 0.4) is 0 Å². The average Bonchev–Trinajstić information content (AvgIpc) is 2.77. The van der Waals surface area contributed by atoms with Gasteiger partial charge >= 0.3 is 0 Å². The topological polar surface area (TPSA) is 20.2 Å². The van der Waals surface area contributed by atoms with Crippen LogP contribution >= 0.6 is 0 Å². The SMILES string of the molecule is CCC(C)(O)c1cccc2c1Cc1ccccc1-2. The van der Waals surface area contributed by atoms with Gasteiger partial charge in [-0.1, -0.05) is 49.4 Å². The fraction of sp³-hybridized carbons (Fsp3) is 0.294. The Bertz CT molecular complexity index is 596. The third-order valence-corrected chi connectivity index (χ3v) is 4.12. The molecule has 1 aliphatic rings. The van der Waals surface area contributed by atoms with Crippen molar-refractivity contribution in [1.29, 1.82) is 0 Å². The molecule has 0 radical (unpaired) electrons. The molecule has 0 aliphatic heterocycles. The highest BCUT2D eigenvalue weighted by molar-refractivity contribution is 5.78. The van der Waals surface area contributed by atoms with Crippen LogP contribution in [0.25, 0.3) is 11.1 Å². The Morgan fingerprint density at radius 1 is 1.06 bits per heavy atom. The lowest BCUT2D eigenvalue weighted by Gasteiger charge is -2.24. The summed E-state index contributed by atoms with van der Waals surface area (Å²) in [7, 11) is 0. The molecule has 3 rings (SSSR count). The van der Waals surface area contributed by atoms with Crippen molar-refractivity contribution < 1.29 is 5.11 Å². The summed E-state index contributed by atoms with van der Waals surface area (Å²) in [6.45, 7) is 3.94. The number of hydrogen-bond donors (Lipinski definition) is 1. The predicted octanol–water partition coefficient (Wildman–Crippen LogP) is 3.88. The molecule has 0 spiro atoms. The maximum Gasteiger partial charge on any atom is 0.0868 e. The van der Waals surface area contributed by atoms with E-state index in [1.54, 1.807) is 0 Å². The van der Waals surface area contributed by atoms with Crippen LogP contribution in [0.1, 0.15) is 37.0 Å². The first kappa shape index (κ1) is 11.5. The van der Waals surface area contributed by atoms with Crippen LogP contribution < -0.4 is 0 Å². The second-order valence-electron chi connectivity index (χ2n) is 5.29. The van der Waals surface area contributed by atoms with E-state index >= 15 is 0 Å². The van der Waals surface area contributed by atoms with Crippen LogP contribution in [0.5, 0.6) is 0 Å². The first-order valence-corrected chi connectivity index (χ1v) is 6.56. The normalized spacial score (nSPS) is 15.9. The summed E-state index contributed by atoms with van der Waals surface area (Å²) < 4.78 is 0. The third-order valence-electron chi connectivity index (χ3n) is 4.12. The lowest BCUT2D eigenvalue weighted by atomic mass is 9.87. The molecular weight excluding hydrogens is 220 g/mol. The van der Waals surface area contributed by atoms with Crippen LogP contribution in [0.2, 0.25) is 0 Å². The summed E-state index contributed by atoms with van der Waals surface area (Å²) in [5.41, 5.74) is 5.63. The minimum absolute atomic E-state index is 0.729. The van der Waals surface area contributed by atoms with E-state index < -0.39 is 5.60 Å². The standard InChI is InChI=1S/C17H18O/c1-3-17(2,18)16-10-6-9-14-13-8-5-4-7-12(13)11-15(14)16/h4-10,18H,3,11H2,1-2H3. The van der Waals surface area contributed by atoms with Gasteiger partial charge in [0, 0.05) is 0 Å². The van der Waals surface area contributed by atoms with Crippen molar-refractivity contribution in [1.82, 2.24) is 0 Å². The first-order valence-electron chi connectivity index (χ1n) is 6.56. The van der Waals surface area contributed by atoms with Gasteiger partial charge in [0.05, 0.1) is 5.60 Å². The van der Waals surface area contributed by atoms with Gasteiger partial charge in [-0.05, 0) is 47.6 Å². The zero-order valence-corrected chi connectivity index (χ0v) is 10.9. The summed E-state index contributed by atoms with van der Waals surface area (Å²) >= 11 is 0. The zero-order chi connectivity index (χ0) is 12.8. The van der Waals surface area contributed by atoms with E-state index in [-0.39, 0.29) is 0 Å². The van der Waals surface area contributed by atoms with Gasteiger partial charge in [-0.2, -0.15) is 0 Å². The Morgan fingerprint density at radius 2 is 1.78 bits per heavy atom. The second kappa shape index (κ2) is 3.96. The minimum atomic E-state index is -0.729. The monoisotopic (exact) mass is 238 g/mol. The fourth-order valence-electron chi connectivity index (χ4n) is 2.85. The Kier molecular flexibility index (Phi) is 2.53. The molecular formula is C17H18O. The second-order valence-corrected chi connectivity index (χ2v) is 5.29. The van der Waals surface area contributed by atoms with E-state index in [9.17, 15) is 5.11 Å². The van der Waals surface area contributed by atoms with E-state index in [0.717, 1.165) is 18.4 Å². The minimum Gasteiger partial charge on any atom is -0.385 e. The third kappa shape index (κ3) is 1.58. The molecule has 1 heteroatoms. The molecule has 18 heavy (non-hydrogen) atoms. The van der Waals surface area contributed by atoms with Crippen molar-refractivity contribution in [3.05, 3.63) is 59.2 Å². The lowest BCUT2D eigenvalue weighted by Crippen LogP contribution is -2.21. The smallest absolute Gasteiger partial charge is 0.0868 e. The Balaban J connectivity index is 2.20. The molecule has 1 aliphatic carbocycles. The van der Waals surface area contributed by atoms with Crippen molar-refractivity contribution in [2.24, 2.45) is 0 Å². The molecule has 0 bridgehead atoms. The van der Waals surface area contributed by atoms with Crippen molar-refractivity contribution in [3.63, 3.8) is 0 Å².